The Morgan fingerprint density at radius 3 is 2.68 bits per heavy atom. The highest BCUT2D eigenvalue weighted by molar-refractivity contribution is 5.95. The number of ether oxygens (including phenoxy) is 1. The van der Waals surface area contributed by atoms with Crippen LogP contribution in [0.25, 0.3) is 0 Å². The molecular weight excluding hydrogens is 289 g/mol. The molecule has 0 aromatic heterocycles. The normalized spacial score (nSPS) is 15.5. The van der Waals surface area contributed by atoms with E-state index in [0.717, 1.165) is 5.56 Å². The van der Waals surface area contributed by atoms with Crippen LogP contribution in [0.15, 0.2) is 18.2 Å². The van der Waals surface area contributed by atoms with Crippen LogP contribution in [0.1, 0.15) is 35.2 Å². The number of carbonyl (C=O) groups is 2. The molecule has 0 aliphatic carbocycles. The van der Waals surface area contributed by atoms with E-state index < -0.39 is 17.7 Å². The Balaban J connectivity index is 2.23. The molecule has 120 valence electrons. The summed E-state index contributed by atoms with van der Waals surface area (Å²) >= 11 is 0. The van der Waals surface area contributed by atoms with Crippen LogP contribution in [0.2, 0.25) is 0 Å². The molecule has 0 saturated carbocycles. The predicted octanol–water partition coefficient (Wildman–Crippen LogP) is 2.23. The van der Waals surface area contributed by atoms with Gasteiger partial charge in [-0.15, -0.1) is 0 Å². The summed E-state index contributed by atoms with van der Waals surface area (Å²) in [7, 11) is 0. The maximum Gasteiger partial charge on any atom is 0.305 e. The fourth-order valence-corrected chi connectivity index (χ4v) is 2.62. The molecule has 6 heteroatoms. The summed E-state index contributed by atoms with van der Waals surface area (Å²) in [4.78, 5) is 25.0. The summed E-state index contributed by atoms with van der Waals surface area (Å²) in [6.07, 6.45) is 1.12. The third-order valence-corrected chi connectivity index (χ3v) is 3.81. The molecule has 1 aliphatic heterocycles. The third-order valence-electron chi connectivity index (χ3n) is 3.81. The van der Waals surface area contributed by atoms with Crippen LogP contribution in [0, 0.1) is 12.7 Å². The number of aryl methyl sites for hydroxylation is 1. The lowest BCUT2D eigenvalue weighted by molar-refractivity contribution is -0.137. The fourth-order valence-electron chi connectivity index (χ4n) is 2.62. The van der Waals surface area contributed by atoms with Crippen molar-refractivity contribution in [2.45, 2.75) is 32.2 Å². The Kier molecular flexibility index (Phi) is 5.49. The van der Waals surface area contributed by atoms with Gasteiger partial charge in [0.1, 0.15) is 5.82 Å². The Morgan fingerprint density at radius 2 is 2.05 bits per heavy atom. The van der Waals surface area contributed by atoms with E-state index in [1.165, 1.54) is 17.0 Å². The molecule has 1 aromatic rings. The van der Waals surface area contributed by atoms with Crippen molar-refractivity contribution in [2.24, 2.45) is 0 Å². The quantitative estimate of drug-likeness (QED) is 0.906. The molecule has 1 saturated heterocycles. The molecule has 1 aliphatic rings. The second-order valence-electron chi connectivity index (χ2n) is 5.47. The number of carboxylic acid groups (broad SMARTS) is 1. The first-order valence-electron chi connectivity index (χ1n) is 7.35. The Hall–Kier alpha value is -1.95. The molecule has 0 radical (unpaired) electrons. The minimum Gasteiger partial charge on any atom is -0.481 e. The minimum atomic E-state index is -0.977. The number of hydrogen-bond donors (Lipinski definition) is 1. The van der Waals surface area contributed by atoms with E-state index in [0.29, 0.717) is 26.1 Å². The van der Waals surface area contributed by atoms with Gasteiger partial charge >= 0.3 is 5.97 Å². The van der Waals surface area contributed by atoms with E-state index in [2.05, 4.69) is 0 Å². The van der Waals surface area contributed by atoms with Gasteiger partial charge in [0.2, 0.25) is 0 Å². The average Bonchev–Trinajstić information content (AvgIpc) is 2.50. The number of halogens is 1. The van der Waals surface area contributed by atoms with Gasteiger partial charge in [-0.1, -0.05) is 11.6 Å². The predicted molar refractivity (Wildman–Crippen MR) is 78.3 cm³/mol. The van der Waals surface area contributed by atoms with Crippen molar-refractivity contribution in [3.63, 3.8) is 0 Å². The van der Waals surface area contributed by atoms with Gasteiger partial charge in [-0.05, 0) is 31.9 Å². The minimum absolute atomic E-state index is 0.00289. The third kappa shape index (κ3) is 4.04. The SMILES string of the molecule is Cc1ccc(F)c(C(=O)N(CCC(=O)O)C2CCOCC2)c1. The van der Waals surface area contributed by atoms with Crippen molar-refractivity contribution in [1.29, 1.82) is 0 Å². The van der Waals surface area contributed by atoms with Crippen molar-refractivity contribution in [1.82, 2.24) is 4.90 Å². The lowest BCUT2D eigenvalue weighted by Crippen LogP contribution is -2.44. The standard InChI is InChI=1S/C16H20FNO4/c1-11-2-3-14(17)13(10-11)16(21)18(7-4-15(19)20)12-5-8-22-9-6-12/h2-3,10,12H,4-9H2,1H3,(H,19,20). The highest BCUT2D eigenvalue weighted by atomic mass is 19.1. The molecule has 1 fully saturated rings. The highest BCUT2D eigenvalue weighted by Crippen LogP contribution is 2.20. The number of hydrogen-bond acceptors (Lipinski definition) is 3. The zero-order valence-electron chi connectivity index (χ0n) is 12.5. The van der Waals surface area contributed by atoms with Gasteiger partial charge in [0.25, 0.3) is 5.91 Å². The molecule has 1 aromatic carbocycles. The lowest BCUT2D eigenvalue weighted by Gasteiger charge is -2.34. The molecule has 1 N–H and O–H groups in total. The van der Waals surface area contributed by atoms with E-state index in [1.807, 2.05) is 0 Å². The molecule has 2 rings (SSSR count). The molecule has 22 heavy (non-hydrogen) atoms. The van der Waals surface area contributed by atoms with Gasteiger partial charge in [0.05, 0.1) is 12.0 Å². The van der Waals surface area contributed by atoms with Crippen LogP contribution in [-0.2, 0) is 9.53 Å². The molecule has 1 heterocycles. The summed E-state index contributed by atoms with van der Waals surface area (Å²) in [5.74, 6) is -2.01. The van der Waals surface area contributed by atoms with Crippen molar-refractivity contribution in [2.75, 3.05) is 19.8 Å². The molecule has 0 atom stereocenters. The second-order valence-corrected chi connectivity index (χ2v) is 5.47. The number of amides is 1. The Bertz CT molecular complexity index is 555. The van der Waals surface area contributed by atoms with Gasteiger partial charge in [-0.3, -0.25) is 9.59 Å². The van der Waals surface area contributed by atoms with E-state index in [1.54, 1.807) is 13.0 Å². The van der Waals surface area contributed by atoms with E-state index in [-0.39, 0.29) is 24.6 Å². The molecule has 5 nitrogen and oxygen atoms in total. The first-order chi connectivity index (χ1) is 10.5. The monoisotopic (exact) mass is 309 g/mol. The summed E-state index contributed by atoms with van der Waals surface area (Å²) in [6, 6.07) is 4.26. The van der Waals surface area contributed by atoms with Gasteiger partial charge in [0.15, 0.2) is 0 Å². The fraction of sp³-hybridized carbons (Fsp3) is 0.500. The summed E-state index contributed by atoms with van der Waals surface area (Å²) in [5.41, 5.74) is 0.784. The van der Waals surface area contributed by atoms with Crippen LogP contribution in [0.5, 0.6) is 0 Å². The number of carbonyl (C=O) groups excluding carboxylic acids is 1. The second kappa shape index (κ2) is 7.35. The Labute approximate surface area is 128 Å². The largest absolute Gasteiger partial charge is 0.481 e. The van der Waals surface area contributed by atoms with Gasteiger partial charge in [-0.25, -0.2) is 4.39 Å². The lowest BCUT2D eigenvalue weighted by atomic mass is 10.0. The van der Waals surface area contributed by atoms with E-state index >= 15 is 0 Å². The molecule has 0 unspecified atom stereocenters. The van der Waals surface area contributed by atoms with E-state index in [4.69, 9.17) is 9.84 Å². The van der Waals surface area contributed by atoms with Crippen LogP contribution in [0.4, 0.5) is 4.39 Å². The zero-order valence-corrected chi connectivity index (χ0v) is 12.5. The van der Waals surface area contributed by atoms with Gasteiger partial charge < -0.3 is 14.7 Å². The van der Waals surface area contributed by atoms with Gasteiger partial charge in [-0.2, -0.15) is 0 Å². The smallest absolute Gasteiger partial charge is 0.305 e. The first-order valence-corrected chi connectivity index (χ1v) is 7.35. The first kappa shape index (κ1) is 16.4. The average molecular weight is 309 g/mol. The maximum absolute atomic E-state index is 14.0. The van der Waals surface area contributed by atoms with Crippen LogP contribution in [-0.4, -0.2) is 47.7 Å². The maximum atomic E-state index is 14.0. The summed E-state index contributed by atoms with van der Waals surface area (Å²) < 4.78 is 19.2. The number of benzene rings is 1. The molecule has 0 spiro atoms. The van der Waals surface area contributed by atoms with Crippen LogP contribution in [0.3, 0.4) is 0 Å². The molecular formula is C16H20FNO4. The molecule has 0 bridgehead atoms. The Morgan fingerprint density at radius 1 is 1.36 bits per heavy atom. The highest BCUT2D eigenvalue weighted by Gasteiger charge is 2.28. The summed E-state index contributed by atoms with van der Waals surface area (Å²) in [5, 5.41) is 8.88. The van der Waals surface area contributed by atoms with Crippen molar-refractivity contribution in [3.05, 3.63) is 35.1 Å². The van der Waals surface area contributed by atoms with Gasteiger partial charge in [0, 0.05) is 25.8 Å². The number of carboxylic acids is 1. The molecule has 1 amide bonds. The number of aliphatic carboxylic acids is 1. The van der Waals surface area contributed by atoms with Crippen LogP contribution < -0.4 is 0 Å². The van der Waals surface area contributed by atoms with E-state index in [9.17, 15) is 14.0 Å². The number of rotatable bonds is 5. The van der Waals surface area contributed by atoms with Crippen molar-refractivity contribution < 1.29 is 23.8 Å². The number of nitrogens with zero attached hydrogens (tertiary/aromatic N) is 1. The van der Waals surface area contributed by atoms with Crippen molar-refractivity contribution in [3.8, 4) is 0 Å². The van der Waals surface area contributed by atoms with Crippen LogP contribution >= 0.6 is 0 Å². The van der Waals surface area contributed by atoms with Crippen molar-refractivity contribution >= 4 is 11.9 Å². The summed E-state index contributed by atoms with van der Waals surface area (Å²) in [6.45, 7) is 2.91. The topological polar surface area (TPSA) is 66.8 Å². The zero-order chi connectivity index (χ0) is 16.1.